The van der Waals surface area contributed by atoms with E-state index in [-0.39, 0.29) is 0 Å². The van der Waals surface area contributed by atoms with Crippen molar-refractivity contribution in [1.29, 1.82) is 0 Å². The van der Waals surface area contributed by atoms with Crippen molar-refractivity contribution in [2.24, 2.45) is 0 Å². The van der Waals surface area contributed by atoms with Crippen molar-refractivity contribution in [2.45, 2.75) is 6.17 Å². The molecule has 0 saturated heterocycles. The third-order valence-corrected chi connectivity index (χ3v) is 1.31. The van der Waals surface area contributed by atoms with E-state index >= 15 is 0 Å². The smallest absolute Gasteiger partial charge is 0.335 e. The summed E-state index contributed by atoms with van der Waals surface area (Å²) in [6.45, 7) is 0. The molecular formula is C7H5FO3. The van der Waals surface area contributed by atoms with Gasteiger partial charge in [0.2, 0.25) is 0 Å². The van der Waals surface area contributed by atoms with Gasteiger partial charge in [-0.05, 0) is 12.2 Å². The van der Waals surface area contributed by atoms with Crippen LogP contribution in [0.15, 0.2) is 23.8 Å². The molecule has 1 aliphatic rings. The number of aliphatic carboxylic acids is 1. The zero-order valence-electron chi connectivity index (χ0n) is 5.45. The first-order chi connectivity index (χ1) is 5.13. The van der Waals surface area contributed by atoms with Crippen LogP contribution in [0, 0.1) is 0 Å². The summed E-state index contributed by atoms with van der Waals surface area (Å²) >= 11 is 0. The molecule has 0 heterocycles. The van der Waals surface area contributed by atoms with Crippen LogP contribution in [-0.2, 0) is 9.59 Å². The maximum absolute atomic E-state index is 12.6. The summed E-state index contributed by atoms with van der Waals surface area (Å²) in [5.41, 5.74) is -0.502. The number of carbonyl (C=O) groups excluding carboxylic acids is 1. The number of alkyl halides is 1. The number of rotatable bonds is 1. The third kappa shape index (κ3) is 1.34. The van der Waals surface area contributed by atoms with Crippen molar-refractivity contribution >= 4 is 11.8 Å². The molecule has 1 atom stereocenters. The molecule has 0 aromatic heterocycles. The lowest BCUT2D eigenvalue weighted by Gasteiger charge is -2.07. The number of carboxylic acid groups (broad SMARTS) is 1. The van der Waals surface area contributed by atoms with E-state index < -0.39 is 23.5 Å². The van der Waals surface area contributed by atoms with Gasteiger partial charge >= 0.3 is 5.97 Å². The second kappa shape index (κ2) is 2.65. The van der Waals surface area contributed by atoms with Crippen molar-refractivity contribution in [3.63, 3.8) is 0 Å². The molecule has 0 bridgehead atoms. The molecule has 58 valence electrons. The lowest BCUT2D eigenvalue weighted by atomic mass is 10.0. The maximum atomic E-state index is 12.6. The van der Waals surface area contributed by atoms with Crippen LogP contribution in [-0.4, -0.2) is 23.0 Å². The predicted molar refractivity (Wildman–Crippen MR) is 34.8 cm³/mol. The van der Waals surface area contributed by atoms with Gasteiger partial charge in [-0.25, -0.2) is 9.18 Å². The lowest BCUT2D eigenvalue weighted by Crippen LogP contribution is -2.23. The van der Waals surface area contributed by atoms with Crippen LogP contribution in [0.3, 0.4) is 0 Å². The largest absolute Gasteiger partial charge is 0.478 e. The quantitative estimate of drug-likeness (QED) is 0.600. The molecule has 1 unspecified atom stereocenters. The van der Waals surface area contributed by atoms with Gasteiger partial charge in [-0.3, -0.25) is 4.79 Å². The Balaban J connectivity index is 2.96. The summed E-state index contributed by atoms with van der Waals surface area (Å²) in [5.74, 6) is -2.21. The first-order valence-electron chi connectivity index (χ1n) is 2.92. The second-order valence-corrected chi connectivity index (χ2v) is 2.05. The van der Waals surface area contributed by atoms with Crippen LogP contribution < -0.4 is 0 Å². The first-order valence-corrected chi connectivity index (χ1v) is 2.92. The highest BCUT2D eigenvalue weighted by atomic mass is 19.1. The van der Waals surface area contributed by atoms with Crippen molar-refractivity contribution in [2.75, 3.05) is 0 Å². The van der Waals surface area contributed by atoms with Gasteiger partial charge in [0.1, 0.15) is 0 Å². The number of ketones is 1. The van der Waals surface area contributed by atoms with Gasteiger partial charge < -0.3 is 5.11 Å². The molecule has 3 nitrogen and oxygen atoms in total. The fourth-order valence-corrected chi connectivity index (χ4v) is 0.749. The van der Waals surface area contributed by atoms with E-state index in [1.54, 1.807) is 0 Å². The van der Waals surface area contributed by atoms with Gasteiger partial charge in [-0.15, -0.1) is 0 Å². The summed E-state index contributed by atoms with van der Waals surface area (Å²) in [5, 5.41) is 8.33. The molecule has 4 heteroatoms. The molecular weight excluding hydrogens is 151 g/mol. The Morgan fingerprint density at radius 1 is 1.64 bits per heavy atom. The average Bonchev–Trinajstić information content (AvgIpc) is 1.94. The second-order valence-electron chi connectivity index (χ2n) is 2.05. The molecule has 0 aromatic rings. The van der Waals surface area contributed by atoms with Gasteiger partial charge in [0.05, 0.1) is 5.57 Å². The number of allylic oxidation sites excluding steroid dienone is 3. The highest BCUT2D eigenvalue weighted by Crippen LogP contribution is 2.13. The van der Waals surface area contributed by atoms with Gasteiger partial charge in [0.15, 0.2) is 12.0 Å². The van der Waals surface area contributed by atoms with E-state index in [9.17, 15) is 14.0 Å². The SMILES string of the molecule is O=C(O)C1=CC=CC(=O)C1F. The van der Waals surface area contributed by atoms with Crippen LogP contribution in [0.2, 0.25) is 0 Å². The molecule has 0 radical (unpaired) electrons. The molecule has 0 aliphatic heterocycles. The maximum Gasteiger partial charge on any atom is 0.335 e. The summed E-state index contributed by atoms with van der Waals surface area (Å²) in [7, 11) is 0. The minimum absolute atomic E-state index is 0.502. The topological polar surface area (TPSA) is 54.4 Å². The van der Waals surface area contributed by atoms with Crippen molar-refractivity contribution in [3.05, 3.63) is 23.8 Å². The number of halogens is 1. The Morgan fingerprint density at radius 3 is 2.73 bits per heavy atom. The molecule has 1 aliphatic carbocycles. The number of carbonyl (C=O) groups is 2. The van der Waals surface area contributed by atoms with E-state index in [1.807, 2.05) is 0 Å². The third-order valence-electron chi connectivity index (χ3n) is 1.31. The highest BCUT2D eigenvalue weighted by molar-refractivity contribution is 6.05. The van der Waals surface area contributed by atoms with E-state index in [0.29, 0.717) is 0 Å². The Hall–Kier alpha value is -1.45. The summed E-state index contributed by atoms with van der Waals surface area (Å²) in [6, 6.07) is 0. The van der Waals surface area contributed by atoms with E-state index in [1.165, 1.54) is 6.08 Å². The summed E-state index contributed by atoms with van der Waals surface area (Å²) in [6.07, 6.45) is 1.31. The zero-order chi connectivity index (χ0) is 8.43. The predicted octanol–water partition coefficient (Wildman–Crippen LogP) is 0.474. The molecule has 0 aromatic carbocycles. The Bertz CT molecular complexity index is 265. The number of hydrogen-bond acceptors (Lipinski definition) is 2. The Morgan fingerprint density at radius 2 is 2.27 bits per heavy atom. The fraction of sp³-hybridized carbons (Fsp3) is 0.143. The summed E-state index contributed by atoms with van der Waals surface area (Å²) in [4.78, 5) is 20.8. The molecule has 0 amide bonds. The summed E-state index contributed by atoms with van der Waals surface area (Å²) < 4.78 is 12.6. The minimum Gasteiger partial charge on any atom is -0.478 e. The average molecular weight is 156 g/mol. The van der Waals surface area contributed by atoms with Crippen molar-refractivity contribution < 1.29 is 19.1 Å². The van der Waals surface area contributed by atoms with Gasteiger partial charge in [-0.1, -0.05) is 6.08 Å². The minimum atomic E-state index is -2.00. The van der Waals surface area contributed by atoms with Gasteiger partial charge in [0, 0.05) is 0 Å². The molecule has 0 spiro atoms. The number of hydrogen-bond donors (Lipinski definition) is 1. The van der Waals surface area contributed by atoms with E-state index in [4.69, 9.17) is 5.11 Å². The molecule has 1 N–H and O–H groups in total. The number of carboxylic acids is 1. The standard InChI is InChI=1S/C7H5FO3/c8-6-4(7(10)11)2-1-3-5(6)9/h1-3,6H,(H,10,11). The van der Waals surface area contributed by atoms with Gasteiger partial charge in [-0.2, -0.15) is 0 Å². The van der Waals surface area contributed by atoms with E-state index in [2.05, 4.69) is 0 Å². The van der Waals surface area contributed by atoms with E-state index in [0.717, 1.165) is 12.2 Å². The molecule has 0 fully saturated rings. The highest BCUT2D eigenvalue weighted by Gasteiger charge is 2.26. The van der Waals surface area contributed by atoms with Crippen LogP contribution in [0.5, 0.6) is 0 Å². The van der Waals surface area contributed by atoms with Gasteiger partial charge in [0.25, 0.3) is 0 Å². The van der Waals surface area contributed by atoms with Crippen LogP contribution in [0.25, 0.3) is 0 Å². The normalized spacial score (nSPS) is 23.2. The molecule has 1 rings (SSSR count). The zero-order valence-corrected chi connectivity index (χ0v) is 5.45. The Labute approximate surface area is 61.8 Å². The van der Waals surface area contributed by atoms with Crippen molar-refractivity contribution in [1.82, 2.24) is 0 Å². The fourth-order valence-electron chi connectivity index (χ4n) is 0.749. The molecule has 11 heavy (non-hydrogen) atoms. The van der Waals surface area contributed by atoms with Crippen LogP contribution >= 0.6 is 0 Å². The van der Waals surface area contributed by atoms with Crippen LogP contribution in [0.4, 0.5) is 4.39 Å². The monoisotopic (exact) mass is 156 g/mol. The van der Waals surface area contributed by atoms with Crippen molar-refractivity contribution in [3.8, 4) is 0 Å². The first kappa shape index (κ1) is 7.65. The molecule has 0 saturated carbocycles. The van der Waals surface area contributed by atoms with Crippen LogP contribution in [0.1, 0.15) is 0 Å². The Kier molecular flexibility index (Phi) is 1.85. The lowest BCUT2D eigenvalue weighted by molar-refractivity contribution is -0.134.